The number of aliphatic hydroxyl groups is 1. The molecule has 0 spiro atoms. The molecule has 2 aliphatic carbocycles. The normalized spacial score (nSPS) is 42.4. The van der Waals surface area contributed by atoms with E-state index in [1.807, 2.05) is 19.9 Å². The van der Waals surface area contributed by atoms with E-state index >= 15 is 0 Å². The maximum Gasteiger partial charge on any atom is 0.213 e. The predicted molar refractivity (Wildman–Crippen MR) is 101 cm³/mol. The van der Waals surface area contributed by atoms with Crippen molar-refractivity contribution in [2.75, 3.05) is 0 Å². The van der Waals surface area contributed by atoms with Crippen LogP contribution in [0.1, 0.15) is 57.8 Å². The van der Waals surface area contributed by atoms with E-state index in [0.717, 1.165) is 6.42 Å². The zero-order valence-electron chi connectivity index (χ0n) is 17.1. The Morgan fingerprint density at radius 2 is 2.27 bits per heavy atom. The molecule has 162 valence electrons. The Kier molecular flexibility index (Phi) is 5.41. The first kappa shape index (κ1) is 21.3. The number of rotatable bonds is 5. The molecular formula is C22H26F2N2O4. The quantitative estimate of drug-likeness (QED) is 0.734. The number of pyridine rings is 1. The first-order valence-corrected chi connectivity index (χ1v) is 10.5. The number of nitrogens with zero attached hydrogens (tertiary/aromatic N) is 2. The minimum absolute atomic E-state index is 0.0352. The molecule has 3 aliphatic rings. The van der Waals surface area contributed by atoms with Crippen molar-refractivity contribution >= 4 is 5.78 Å². The van der Waals surface area contributed by atoms with Gasteiger partial charge in [0, 0.05) is 23.2 Å². The lowest BCUT2D eigenvalue weighted by molar-refractivity contribution is -0.193. The monoisotopic (exact) mass is 420 g/mol. The van der Waals surface area contributed by atoms with Gasteiger partial charge in [0.2, 0.25) is 5.95 Å². The number of Topliss-reactive ketones (excluding diaryl/α,β-unsaturated/α-hetero) is 1. The van der Waals surface area contributed by atoms with Crippen LogP contribution in [0.25, 0.3) is 0 Å². The molecule has 8 atom stereocenters. The van der Waals surface area contributed by atoms with E-state index in [1.165, 1.54) is 12.3 Å². The summed E-state index contributed by atoms with van der Waals surface area (Å²) in [5.74, 6) is -1.80. The van der Waals surface area contributed by atoms with Gasteiger partial charge < -0.3 is 14.6 Å². The standard InChI is InChI=1S/C22H26F2N2O4/c1-3-4-13-14-10-17-22(16(28)5-7-25,21(14,2)11-15(27)19(13)24)30-20(29-17)12-6-8-26-18(23)9-12/h6,8-9,13-15,17,19-20,27H,3-5,10-11H2,1-2H3/t13?,14-,15?,17+,19-,20?,21?,22+/m0/s1. The van der Waals surface area contributed by atoms with Gasteiger partial charge in [-0.05, 0) is 37.2 Å². The first-order chi connectivity index (χ1) is 14.3. The molecule has 2 heterocycles. The number of aromatic nitrogens is 1. The zero-order valence-corrected chi connectivity index (χ0v) is 17.1. The van der Waals surface area contributed by atoms with Crippen LogP contribution in [0.15, 0.2) is 18.3 Å². The summed E-state index contributed by atoms with van der Waals surface area (Å²) in [7, 11) is 0. The van der Waals surface area contributed by atoms with E-state index in [2.05, 4.69) is 4.98 Å². The van der Waals surface area contributed by atoms with Gasteiger partial charge in [-0.15, -0.1) is 0 Å². The number of halogens is 2. The van der Waals surface area contributed by atoms with Crippen LogP contribution in [0.2, 0.25) is 0 Å². The van der Waals surface area contributed by atoms with Crippen molar-refractivity contribution in [2.24, 2.45) is 17.3 Å². The summed E-state index contributed by atoms with van der Waals surface area (Å²) in [6.45, 7) is 3.79. The molecule has 1 N–H and O–H groups in total. The molecule has 1 aromatic rings. The summed E-state index contributed by atoms with van der Waals surface area (Å²) in [5.41, 5.74) is -2.02. The summed E-state index contributed by atoms with van der Waals surface area (Å²) in [4.78, 5) is 16.8. The van der Waals surface area contributed by atoms with Gasteiger partial charge in [0.1, 0.15) is 6.17 Å². The van der Waals surface area contributed by atoms with Crippen molar-refractivity contribution in [1.82, 2.24) is 4.98 Å². The predicted octanol–water partition coefficient (Wildman–Crippen LogP) is 3.40. The number of ketones is 1. The Morgan fingerprint density at radius 1 is 1.50 bits per heavy atom. The maximum atomic E-state index is 15.0. The second-order valence-corrected chi connectivity index (χ2v) is 8.91. The van der Waals surface area contributed by atoms with Crippen molar-refractivity contribution in [3.05, 3.63) is 29.8 Å². The zero-order chi connectivity index (χ0) is 21.7. The van der Waals surface area contributed by atoms with E-state index in [0.29, 0.717) is 18.4 Å². The smallest absolute Gasteiger partial charge is 0.213 e. The molecule has 4 unspecified atom stereocenters. The van der Waals surface area contributed by atoms with Crippen molar-refractivity contribution in [1.29, 1.82) is 5.26 Å². The van der Waals surface area contributed by atoms with E-state index in [1.54, 1.807) is 6.07 Å². The fourth-order valence-electron chi connectivity index (χ4n) is 6.18. The highest BCUT2D eigenvalue weighted by Crippen LogP contribution is 2.66. The Bertz CT molecular complexity index is 877. The number of hydrogen-bond acceptors (Lipinski definition) is 6. The van der Waals surface area contributed by atoms with E-state index in [9.17, 15) is 23.9 Å². The first-order valence-electron chi connectivity index (χ1n) is 10.5. The highest BCUT2D eigenvalue weighted by molar-refractivity contribution is 5.91. The number of fused-ring (bicyclic) bond motifs is 3. The largest absolute Gasteiger partial charge is 0.390 e. The third-order valence-corrected chi connectivity index (χ3v) is 7.39. The van der Waals surface area contributed by atoms with Gasteiger partial charge >= 0.3 is 0 Å². The van der Waals surface area contributed by atoms with Crippen LogP contribution in [-0.4, -0.2) is 39.9 Å². The van der Waals surface area contributed by atoms with Gasteiger partial charge in [-0.25, -0.2) is 9.37 Å². The van der Waals surface area contributed by atoms with Gasteiger partial charge in [0.15, 0.2) is 17.7 Å². The topological polar surface area (TPSA) is 92.4 Å². The molecule has 8 heteroatoms. The van der Waals surface area contributed by atoms with Gasteiger partial charge in [-0.1, -0.05) is 20.3 Å². The van der Waals surface area contributed by atoms with Crippen molar-refractivity contribution in [3.63, 3.8) is 0 Å². The molecule has 3 fully saturated rings. The van der Waals surface area contributed by atoms with Crippen LogP contribution in [0.3, 0.4) is 0 Å². The molecule has 1 aliphatic heterocycles. The van der Waals surface area contributed by atoms with Crippen LogP contribution in [0.5, 0.6) is 0 Å². The fourth-order valence-corrected chi connectivity index (χ4v) is 6.18. The van der Waals surface area contributed by atoms with Crippen LogP contribution >= 0.6 is 0 Å². The molecular weight excluding hydrogens is 394 g/mol. The average molecular weight is 420 g/mol. The van der Waals surface area contributed by atoms with Gasteiger partial charge in [0.25, 0.3) is 0 Å². The Labute approximate surface area is 174 Å². The van der Waals surface area contributed by atoms with E-state index < -0.39 is 53.3 Å². The maximum absolute atomic E-state index is 15.0. The van der Waals surface area contributed by atoms with E-state index in [4.69, 9.17) is 9.47 Å². The lowest BCUT2D eigenvalue weighted by atomic mass is 9.56. The molecule has 0 aromatic carbocycles. The average Bonchev–Trinajstić information content (AvgIpc) is 3.20. The summed E-state index contributed by atoms with van der Waals surface area (Å²) in [6.07, 6.45) is -1.67. The van der Waals surface area contributed by atoms with Gasteiger partial charge in [-0.3, -0.25) is 4.79 Å². The number of carbonyl (C=O) groups excluding carboxylic acids is 1. The summed E-state index contributed by atoms with van der Waals surface area (Å²) >= 11 is 0. The molecule has 0 amide bonds. The number of hydrogen-bond donors (Lipinski definition) is 1. The Balaban J connectivity index is 1.78. The molecule has 1 saturated heterocycles. The van der Waals surface area contributed by atoms with Crippen molar-refractivity contribution in [2.45, 2.75) is 76.2 Å². The van der Waals surface area contributed by atoms with Crippen LogP contribution < -0.4 is 0 Å². The fraction of sp³-hybridized carbons (Fsp3) is 0.682. The lowest BCUT2D eigenvalue weighted by Crippen LogP contribution is -2.61. The Morgan fingerprint density at radius 3 is 2.93 bits per heavy atom. The highest BCUT2D eigenvalue weighted by atomic mass is 19.1. The van der Waals surface area contributed by atoms with Crippen LogP contribution in [0, 0.1) is 34.5 Å². The number of alkyl halides is 1. The van der Waals surface area contributed by atoms with Crippen molar-refractivity contribution in [3.8, 4) is 6.07 Å². The third-order valence-electron chi connectivity index (χ3n) is 7.39. The second kappa shape index (κ2) is 7.63. The summed E-state index contributed by atoms with van der Waals surface area (Å²) in [5, 5.41) is 19.8. The molecule has 1 aromatic heterocycles. The summed E-state index contributed by atoms with van der Waals surface area (Å²) in [6, 6.07) is 4.62. The molecule has 0 bridgehead atoms. The minimum Gasteiger partial charge on any atom is -0.390 e. The van der Waals surface area contributed by atoms with Crippen molar-refractivity contribution < 1.29 is 28.2 Å². The van der Waals surface area contributed by atoms with Gasteiger partial charge in [-0.2, -0.15) is 9.65 Å². The molecule has 2 saturated carbocycles. The molecule has 4 rings (SSSR count). The van der Waals surface area contributed by atoms with Crippen LogP contribution in [0.4, 0.5) is 8.78 Å². The second-order valence-electron chi connectivity index (χ2n) is 8.91. The molecule has 0 radical (unpaired) electrons. The number of carbonyl (C=O) groups is 1. The third kappa shape index (κ3) is 2.90. The lowest BCUT2D eigenvalue weighted by Gasteiger charge is -2.51. The minimum atomic E-state index is -1.50. The highest BCUT2D eigenvalue weighted by Gasteiger charge is 2.74. The summed E-state index contributed by atoms with van der Waals surface area (Å²) < 4.78 is 41.0. The van der Waals surface area contributed by atoms with Gasteiger partial charge in [0.05, 0.1) is 24.7 Å². The van der Waals surface area contributed by atoms with Crippen LogP contribution in [-0.2, 0) is 14.3 Å². The molecule has 6 nitrogen and oxygen atoms in total. The number of aliphatic hydroxyl groups excluding tert-OH is 1. The van der Waals surface area contributed by atoms with E-state index in [-0.39, 0.29) is 18.8 Å². The molecule has 30 heavy (non-hydrogen) atoms. The number of nitriles is 1. The SMILES string of the molecule is CCCC1[C@H](F)C(O)CC2(C)[C@H]1C[C@H]1OC(c3ccnc(F)c3)O[C@]12C(=O)CC#N. The Hall–Kier alpha value is -1.95. The number of ether oxygens (including phenoxy) is 2.